The molecule has 1 aromatic heterocycles. The molecule has 0 aliphatic carbocycles. The Kier molecular flexibility index (Phi) is 4.78. The number of ether oxygens (including phenoxy) is 1. The van der Waals surface area contributed by atoms with Gasteiger partial charge in [-0.3, -0.25) is 4.79 Å². The molecule has 2 rings (SSSR count). The number of H-pyrrole nitrogens is 1. The number of aromatic amines is 1. The number of hydrogen-bond donors (Lipinski definition) is 2. The van der Waals surface area contributed by atoms with Gasteiger partial charge < -0.3 is 15.0 Å². The second-order valence-corrected chi connectivity index (χ2v) is 5.06. The number of benzene rings is 1. The fourth-order valence-electron chi connectivity index (χ4n) is 1.55. The van der Waals surface area contributed by atoms with E-state index < -0.39 is 0 Å². The fourth-order valence-corrected chi connectivity index (χ4v) is 2.04. The summed E-state index contributed by atoms with van der Waals surface area (Å²) in [7, 11) is 0. The molecular formula is C13H14IN3O2. The highest BCUT2D eigenvalue weighted by Gasteiger charge is 2.03. The minimum absolute atomic E-state index is 0.141. The van der Waals surface area contributed by atoms with Gasteiger partial charge in [0.25, 0.3) is 5.56 Å². The van der Waals surface area contributed by atoms with Crippen LogP contribution in [0.15, 0.2) is 35.4 Å². The molecule has 19 heavy (non-hydrogen) atoms. The predicted molar refractivity (Wildman–Crippen MR) is 82.7 cm³/mol. The van der Waals surface area contributed by atoms with E-state index in [1.54, 1.807) is 0 Å². The van der Waals surface area contributed by atoms with Crippen LogP contribution in [0.2, 0.25) is 0 Å². The Balaban J connectivity index is 1.84. The Morgan fingerprint density at radius 1 is 1.47 bits per heavy atom. The molecule has 1 aromatic carbocycles. The summed E-state index contributed by atoms with van der Waals surface area (Å²) >= 11 is 1.96. The first-order valence-corrected chi connectivity index (χ1v) is 6.91. The molecule has 0 bridgehead atoms. The fraction of sp³-hybridized carbons (Fsp3) is 0.231. The van der Waals surface area contributed by atoms with Gasteiger partial charge >= 0.3 is 0 Å². The number of halogens is 1. The van der Waals surface area contributed by atoms with Crippen LogP contribution in [0.25, 0.3) is 0 Å². The van der Waals surface area contributed by atoms with Crippen molar-refractivity contribution in [3.8, 4) is 5.75 Å². The molecule has 1 heterocycles. The van der Waals surface area contributed by atoms with Gasteiger partial charge in [0.1, 0.15) is 21.7 Å². The van der Waals surface area contributed by atoms with E-state index in [-0.39, 0.29) is 5.56 Å². The zero-order chi connectivity index (χ0) is 13.7. The molecule has 2 aromatic rings. The lowest BCUT2D eigenvalue weighted by Crippen LogP contribution is -2.18. The van der Waals surface area contributed by atoms with Crippen LogP contribution >= 0.6 is 22.6 Å². The molecule has 2 N–H and O–H groups in total. The minimum atomic E-state index is -0.141. The van der Waals surface area contributed by atoms with Gasteiger partial charge in [0.15, 0.2) is 0 Å². The van der Waals surface area contributed by atoms with E-state index >= 15 is 0 Å². The van der Waals surface area contributed by atoms with E-state index in [4.69, 9.17) is 4.74 Å². The van der Waals surface area contributed by atoms with E-state index in [0.717, 1.165) is 11.3 Å². The van der Waals surface area contributed by atoms with Crippen LogP contribution < -0.4 is 15.6 Å². The Bertz CT molecular complexity index is 613. The van der Waals surface area contributed by atoms with Crippen LogP contribution in [0.4, 0.5) is 5.82 Å². The number of aryl methyl sites for hydroxylation is 1. The molecule has 0 aliphatic rings. The monoisotopic (exact) mass is 371 g/mol. The van der Waals surface area contributed by atoms with Gasteiger partial charge in [0, 0.05) is 0 Å². The minimum Gasteiger partial charge on any atom is -0.492 e. The molecule has 0 aliphatic heterocycles. The summed E-state index contributed by atoms with van der Waals surface area (Å²) in [5.74, 6) is 1.42. The first kappa shape index (κ1) is 13.9. The summed E-state index contributed by atoms with van der Waals surface area (Å²) in [4.78, 5) is 17.9. The summed E-state index contributed by atoms with van der Waals surface area (Å²) in [5.41, 5.74) is 1.02. The average molecular weight is 371 g/mol. The first-order chi connectivity index (χ1) is 9.16. The third-order valence-corrected chi connectivity index (χ3v) is 3.45. The van der Waals surface area contributed by atoms with Crippen molar-refractivity contribution in [2.75, 3.05) is 18.5 Å². The quantitative estimate of drug-likeness (QED) is 0.625. The summed E-state index contributed by atoms with van der Waals surface area (Å²) < 4.78 is 6.15. The SMILES string of the molecule is Cc1cccc(OCCNc2nc[nH]c(=O)c2I)c1. The molecular weight excluding hydrogens is 357 g/mol. The largest absolute Gasteiger partial charge is 0.492 e. The molecule has 0 atom stereocenters. The third-order valence-electron chi connectivity index (χ3n) is 2.45. The summed E-state index contributed by atoms with van der Waals surface area (Å²) in [6.07, 6.45) is 1.38. The highest BCUT2D eigenvalue weighted by molar-refractivity contribution is 14.1. The van der Waals surface area contributed by atoms with Crippen LogP contribution in [0.1, 0.15) is 5.56 Å². The van der Waals surface area contributed by atoms with E-state index in [9.17, 15) is 4.79 Å². The number of anilines is 1. The highest BCUT2D eigenvalue weighted by atomic mass is 127. The topological polar surface area (TPSA) is 67.0 Å². The van der Waals surface area contributed by atoms with Crippen molar-refractivity contribution < 1.29 is 4.74 Å². The average Bonchev–Trinajstić information content (AvgIpc) is 2.39. The van der Waals surface area contributed by atoms with Crippen molar-refractivity contribution in [2.45, 2.75) is 6.92 Å². The Labute approximate surface area is 124 Å². The molecule has 5 nitrogen and oxygen atoms in total. The maximum Gasteiger partial charge on any atom is 0.266 e. The molecule has 0 fully saturated rings. The maximum absolute atomic E-state index is 11.4. The second kappa shape index (κ2) is 6.55. The molecule has 100 valence electrons. The number of nitrogens with zero attached hydrogens (tertiary/aromatic N) is 1. The van der Waals surface area contributed by atoms with E-state index in [2.05, 4.69) is 15.3 Å². The smallest absolute Gasteiger partial charge is 0.266 e. The van der Waals surface area contributed by atoms with Gasteiger partial charge in [0.05, 0.1) is 12.9 Å². The van der Waals surface area contributed by atoms with E-state index in [1.165, 1.54) is 6.33 Å². The van der Waals surface area contributed by atoms with Crippen molar-refractivity contribution in [3.05, 3.63) is 50.1 Å². The maximum atomic E-state index is 11.4. The summed E-state index contributed by atoms with van der Waals surface area (Å²) in [6, 6.07) is 7.88. The molecule has 0 unspecified atom stereocenters. The first-order valence-electron chi connectivity index (χ1n) is 5.83. The Hall–Kier alpha value is -1.57. The van der Waals surface area contributed by atoms with Crippen LogP contribution in [-0.2, 0) is 0 Å². The van der Waals surface area contributed by atoms with Crippen molar-refractivity contribution >= 4 is 28.4 Å². The second-order valence-electron chi connectivity index (χ2n) is 3.99. The lowest BCUT2D eigenvalue weighted by atomic mass is 10.2. The molecule has 0 saturated carbocycles. The lowest BCUT2D eigenvalue weighted by Gasteiger charge is -2.09. The van der Waals surface area contributed by atoms with Crippen molar-refractivity contribution in [3.63, 3.8) is 0 Å². The van der Waals surface area contributed by atoms with Gasteiger partial charge in [-0.1, -0.05) is 12.1 Å². The Morgan fingerprint density at radius 2 is 2.32 bits per heavy atom. The predicted octanol–water partition coefficient (Wildman–Crippen LogP) is 2.17. The lowest BCUT2D eigenvalue weighted by molar-refractivity contribution is 0.332. The molecule has 0 saturated heterocycles. The standard InChI is InChI=1S/C13H14IN3O2/c1-9-3-2-4-10(7-9)19-6-5-15-12-11(14)13(18)17-8-16-12/h2-4,7-8H,5-6H2,1H3,(H2,15,16,17,18). The highest BCUT2D eigenvalue weighted by Crippen LogP contribution is 2.12. The number of nitrogens with one attached hydrogen (secondary N) is 2. The van der Waals surface area contributed by atoms with Crippen molar-refractivity contribution in [1.82, 2.24) is 9.97 Å². The molecule has 6 heteroatoms. The van der Waals surface area contributed by atoms with Gasteiger partial charge in [-0.15, -0.1) is 0 Å². The molecule has 0 amide bonds. The van der Waals surface area contributed by atoms with Crippen LogP contribution in [0, 0.1) is 10.5 Å². The number of rotatable bonds is 5. The number of hydrogen-bond acceptors (Lipinski definition) is 4. The van der Waals surface area contributed by atoms with Crippen molar-refractivity contribution in [1.29, 1.82) is 0 Å². The normalized spacial score (nSPS) is 10.2. The zero-order valence-corrected chi connectivity index (χ0v) is 12.6. The van der Waals surface area contributed by atoms with Crippen LogP contribution in [0.3, 0.4) is 0 Å². The van der Waals surface area contributed by atoms with Gasteiger partial charge in [-0.2, -0.15) is 0 Å². The summed E-state index contributed by atoms with van der Waals surface area (Å²) in [6.45, 7) is 3.11. The summed E-state index contributed by atoms with van der Waals surface area (Å²) in [5, 5.41) is 3.08. The number of aromatic nitrogens is 2. The van der Waals surface area contributed by atoms with Gasteiger partial charge in [-0.25, -0.2) is 4.98 Å². The third kappa shape index (κ3) is 3.95. The van der Waals surface area contributed by atoms with Crippen molar-refractivity contribution in [2.24, 2.45) is 0 Å². The van der Waals surface area contributed by atoms with Crippen LogP contribution in [-0.4, -0.2) is 23.1 Å². The van der Waals surface area contributed by atoms with Crippen LogP contribution in [0.5, 0.6) is 5.75 Å². The van der Waals surface area contributed by atoms with E-state index in [0.29, 0.717) is 22.5 Å². The molecule has 0 radical (unpaired) electrons. The Morgan fingerprint density at radius 3 is 3.11 bits per heavy atom. The van der Waals surface area contributed by atoms with E-state index in [1.807, 2.05) is 53.8 Å². The van der Waals surface area contributed by atoms with Gasteiger partial charge in [-0.05, 0) is 47.2 Å². The molecule has 0 spiro atoms. The van der Waals surface area contributed by atoms with Gasteiger partial charge in [0.2, 0.25) is 0 Å². The zero-order valence-electron chi connectivity index (χ0n) is 10.4.